The molecule has 2 aromatic heterocycles. The summed E-state index contributed by atoms with van der Waals surface area (Å²) in [5.41, 5.74) is 1.74. The Morgan fingerprint density at radius 1 is 1.16 bits per heavy atom. The Bertz CT molecular complexity index is 1130. The van der Waals surface area contributed by atoms with Crippen molar-refractivity contribution >= 4 is 26.6 Å². The Balaban J connectivity index is 1.40. The largest absolute Gasteiger partial charge is 0.356 e. The Labute approximate surface area is 183 Å². The van der Waals surface area contributed by atoms with E-state index in [1.54, 1.807) is 18.5 Å². The Morgan fingerprint density at radius 2 is 1.90 bits per heavy atom. The zero-order valence-electron chi connectivity index (χ0n) is 18.1. The third kappa shape index (κ3) is 5.06. The molecule has 0 bridgehead atoms. The van der Waals surface area contributed by atoms with Gasteiger partial charge in [-0.3, -0.25) is 0 Å². The summed E-state index contributed by atoms with van der Waals surface area (Å²) in [6, 6.07) is 8.71. The van der Waals surface area contributed by atoms with E-state index in [1.165, 1.54) is 12.1 Å². The summed E-state index contributed by atoms with van der Waals surface area (Å²) < 4.78 is 31.3. The van der Waals surface area contributed by atoms with Crippen LogP contribution in [0, 0.1) is 11.7 Å². The SMILES string of the molecule is CCN=S(=O)(Cc1ccc(F)cc1)CC1CCC(N(C)c2ncnc3[nH]ccc23)CC1. The lowest BCUT2D eigenvalue weighted by Crippen LogP contribution is -2.37. The molecule has 0 aliphatic heterocycles. The number of nitrogens with one attached hydrogen (secondary N) is 1. The summed E-state index contributed by atoms with van der Waals surface area (Å²) in [5.74, 6) is 2.09. The summed E-state index contributed by atoms with van der Waals surface area (Å²) in [7, 11) is -0.251. The summed E-state index contributed by atoms with van der Waals surface area (Å²) in [6.07, 6.45) is 7.62. The van der Waals surface area contributed by atoms with E-state index in [1.807, 2.05) is 19.2 Å². The van der Waals surface area contributed by atoms with Gasteiger partial charge in [0.15, 0.2) is 0 Å². The van der Waals surface area contributed by atoms with Gasteiger partial charge < -0.3 is 9.88 Å². The van der Waals surface area contributed by atoms with E-state index in [0.717, 1.165) is 48.1 Å². The maximum absolute atomic E-state index is 13.6. The van der Waals surface area contributed by atoms with Crippen LogP contribution in [0.25, 0.3) is 11.0 Å². The first-order chi connectivity index (χ1) is 15.0. The summed E-state index contributed by atoms with van der Waals surface area (Å²) in [4.78, 5) is 14.2. The molecule has 1 fully saturated rings. The average Bonchev–Trinajstić information content (AvgIpc) is 3.24. The number of aromatic nitrogens is 3. The lowest BCUT2D eigenvalue weighted by molar-refractivity contribution is 0.342. The Morgan fingerprint density at radius 3 is 2.61 bits per heavy atom. The number of hydrogen-bond donors (Lipinski definition) is 1. The molecule has 3 aromatic rings. The molecule has 2 heterocycles. The molecule has 1 aliphatic carbocycles. The molecular weight excluding hydrogens is 413 g/mol. The van der Waals surface area contributed by atoms with Gasteiger partial charge in [-0.05, 0) is 62.3 Å². The quantitative estimate of drug-likeness (QED) is 0.570. The Hall–Kier alpha value is -2.48. The smallest absolute Gasteiger partial charge is 0.142 e. The molecule has 0 amide bonds. The van der Waals surface area contributed by atoms with Gasteiger partial charge in [0, 0.05) is 31.6 Å². The van der Waals surface area contributed by atoms with Crippen LogP contribution in [-0.4, -0.2) is 44.5 Å². The van der Waals surface area contributed by atoms with Crippen molar-refractivity contribution in [2.45, 2.75) is 44.4 Å². The maximum Gasteiger partial charge on any atom is 0.142 e. The summed E-state index contributed by atoms with van der Waals surface area (Å²) in [6.45, 7) is 2.47. The van der Waals surface area contributed by atoms with Gasteiger partial charge in [-0.15, -0.1) is 0 Å². The first kappa shape index (κ1) is 21.7. The number of benzene rings is 1. The van der Waals surface area contributed by atoms with E-state index in [9.17, 15) is 8.60 Å². The molecule has 0 saturated heterocycles. The van der Waals surface area contributed by atoms with Gasteiger partial charge in [0.25, 0.3) is 0 Å². The molecule has 8 heteroatoms. The fraction of sp³-hybridized carbons (Fsp3) is 0.478. The second-order valence-corrected chi connectivity index (χ2v) is 10.8. The molecule has 1 atom stereocenters. The number of anilines is 1. The zero-order valence-corrected chi connectivity index (χ0v) is 18.9. The van der Waals surface area contributed by atoms with Crippen LogP contribution in [0.5, 0.6) is 0 Å². The van der Waals surface area contributed by atoms with Crippen molar-refractivity contribution in [2.24, 2.45) is 10.3 Å². The molecule has 0 spiro atoms. The first-order valence-corrected chi connectivity index (χ1v) is 12.8. The highest BCUT2D eigenvalue weighted by Gasteiger charge is 2.28. The number of rotatable bonds is 7. The van der Waals surface area contributed by atoms with E-state index in [4.69, 9.17) is 0 Å². The fourth-order valence-corrected chi connectivity index (χ4v) is 7.18. The number of hydrogen-bond acceptors (Lipinski definition) is 5. The van der Waals surface area contributed by atoms with Crippen molar-refractivity contribution in [3.05, 3.63) is 54.2 Å². The molecule has 31 heavy (non-hydrogen) atoms. The van der Waals surface area contributed by atoms with Gasteiger partial charge in [-0.1, -0.05) is 12.1 Å². The van der Waals surface area contributed by atoms with Crippen LogP contribution >= 0.6 is 0 Å². The van der Waals surface area contributed by atoms with Crippen LogP contribution in [-0.2, 0) is 15.5 Å². The Kier molecular flexibility index (Phi) is 6.55. The molecule has 1 saturated carbocycles. The molecule has 1 unspecified atom stereocenters. The molecule has 1 aliphatic rings. The van der Waals surface area contributed by atoms with E-state index in [2.05, 4.69) is 31.3 Å². The van der Waals surface area contributed by atoms with E-state index in [0.29, 0.717) is 30.0 Å². The van der Waals surface area contributed by atoms with Gasteiger partial charge in [-0.2, -0.15) is 0 Å². The van der Waals surface area contributed by atoms with Crippen molar-refractivity contribution in [3.8, 4) is 0 Å². The minimum atomic E-state index is -2.35. The van der Waals surface area contributed by atoms with Crippen LogP contribution in [0.2, 0.25) is 0 Å². The van der Waals surface area contributed by atoms with Crippen molar-refractivity contribution in [3.63, 3.8) is 0 Å². The third-order valence-electron chi connectivity index (χ3n) is 6.20. The molecule has 4 rings (SSSR count). The van der Waals surface area contributed by atoms with Crippen LogP contribution in [0.3, 0.4) is 0 Å². The molecule has 6 nitrogen and oxygen atoms in total. The predicted molar refractivity (Wildman–Crippen MR) is 124 cm³/mol. The van der Waals surface area contributed by atoms with E-state index < -0.39 is 9.73 Å². The maximum atomic E-state index is 13.6. The number of H-pyrrole nitrogens is 1. The van der Waals surface area contributed by atoms with Crippen molar-refractivity contribution in [1.82, 2.24) is 15.0 Å². The highest BCUT2D eigenvalue weighted by atomic mass is 32.2. The highest BCUT2D eigenvalue weighted by molar-refractivity contribution is 7.92. The molecular formula is C23H30FN5OS. The van der Waals surface area contributed by atoms with E-state index in [-0.39, 0.29) is 5.82 Å². The number of aromatic amines is 1. The van der Waals surface area contributed by atoms with Crippen molar-refractivity contribution in [1.29, 1.82) is 0 Å². The lowest BCUT2D eigenvalue weighted by atomic mass is 9.86. The standard InChI is InChI=1S/C23H30FN5OS/c1-3-28-31(30,14-17-4-8-19(24)9-5-17)15-18-6-10-20(11-7-18)29(2)23-21-12-13-25-22(21)26-16-27-23/h4-5,8-9,12-13,16,18,20H,3,6-7,10-11,14-15H2,1-2H3,(H,25,26,27). The van der Waals surface area contributed by atoms with Gasteiger partial charge in [0.1, 0.15) is 23.6 Å². The second kappa shape index (κ2) is 9.34. The molecule has 0 radical (unpaired) electrons. The van der Waals surface area contributed by atoms with Gasteiger partial charge >= 0.3 is 0 Å². The first-order valence-electron chi connectivity index (χ1n) is 10.9. The van der Waals surface area contributed by atoms with Crippen LogP contribution in [0.4, 0.5) is 10.2 Å². The van der Waals surface area contributed by atoms with Gasteiger partial charge in [-0.25, -0.2) is 22.9 Å². The molecule has 1 aromatic carbocycles. The fourth-order valence-electron chi connectivity index (χ4n) is 4.61. The average molecular weight is 444 g/mol. The lowest BCUT2D eigenvalue weighted by Gasteiger charge is -2.35. The van der Waals surface area contributed by atoms with Crippen LogP contribution < -0.4 is 4.90 Å². The number of fused-ring (bicyclic) bond motifs is 1. The number of nitrogens with zero attached hydrogens (tertiary/aromatic N) is 4. The molecule has 1 N–H and O–H groups in total. The summed E-state index contributed by atoms with van der Waals surface area (Å²) in [5, 5.41) is 1.04. The number of halogens is 1. The van der Waals surface area contributed by atoms with Crippen LogP contribution in [0.1, 0.15) is 38.2 Å². The topological polar surface area (TPSA) is 74.2 Å². The van der Waals surface area contributed by atoms with Crippen molar-refractivity contribution < 1.29 is 8.60 Å². The van der Waals surface area contributed by atoms with Gasteiger partial charge in [0.05, 0.1) is 20.9 Å². The highest BCUT2D eigenvalue weighted by Crippen LogP contribution is 2.32. The normalized spacial score (nSPS) is 21.0. The van der Waals surface area contributed by atoms with Gasteiger partial charge in [0.2, 0.25) is 0 Å². The van der Waals surface area contributed by atoms with Crippen LogP contribution in [0.15, 0.2) is 47.2 Å². The monoisotopic (exact) mass is 443 g/mol. The minimum Gasteiger partial charge on any atom is -0.356 e. The van der Waals surface area contributed by atoms with Crippen molar-refractivity contribution in [2.75, 3.05) is 24.2 Å². The zero-order chi connectivity index (χ0) is 21.8. The second-order valence-electron chi connectivity index (χ2n) is 8.38. The van der Waals surface area contributed by atoms with E-state index >= 15 is 0 Å². The predicted octanol–water partition coefficient (Wildman–Crippen LogP) is 4.78. The summed E-state index contributed by atoms with van der Waals surface area (Å²) >= 11 is 0. The molecule has 166 valence electrons. The third-order valence-corrected chi connectivity index (χ3v) is 8.70. The minimum absolute atomic E-state index is 0.272.